The molecule has 0 aliphatic carbocycles. The van der Waals surface area contributed by atoms with Crippen molar-refractivity contribution in [3.8, 4) is 0 Å². The van der Waals surface area contributed by atoms with E-state index in [0.29, 0.717) is 29.4 Å². The van der Waals surface area contributed by atoms with Crippen LogP contribution in [0.15, 0.2) is 21.5 Å². The summed E-state index contributed by atoms with van der Waals surface area (Å²) in [5.74, 6) is 0.520. The van der Waals surface area contributed by atoms with Gasteiger partial charge in [-0.25, -0.2) is 8.42 Å². The van der Waals surface area contributed by atoms with Crippen LogP contribution < -0.4 is 0 Å². The average Bonchev–Trinajstić information content (AvgIpc) is 2.70. The van der Waals surface area contributed by atoms with Crippen LogP contribution in [0.3, 0.4) is 0 Å². The summed E-state index contributed by atoms with van der Waals surface area (Å²) in [6, 6.07) is 2.52. The van der Waals surface area contributed by atoms with Crippen molar-refractivity contribution < 1.29 is 13.2 Å². The predicted octanol–water partition coefficient (Wildman–Crippen LogP) is 3.76. The molecule has 2 unspecified atom stereocenters. The summed E-state index contributed by atoms with van der Waals surface area (Å²) in [5.41, 5.74) is 0.145. The third kappa shape index (κ3) is 3.55. The summed E-state index contributed by atoms with van der Waals surface area (Å²) in [6.45, 7) is 5.42. The van der Waals surface area contributed by atoms with E-state index in [2.05, 4.69) is 29.8 Å². The molecule has 2 atom stereocenters. The quantitative estimate of drug-likeness (QED) is 0.692. The maximum Gasteiger partial charge on any atom is 0.261 e. The molecule has 1 heterocycles. The monoisotopic (exact) mass is 413 g/mol. The fourth-order valence-electron chi connectivity index (χ4n) is 2.33. The van der Waals surface area contributed by atoms with Crippen LogP contribution in [-0.4, -0.2) is 32.3 Å². The number of carbonyl (C=O) groups is 1. The van der Waals surface area contributed by atoms with E-state index in [1.165, 1.54) is 12.1 Å². The van der Waals surface area contributed by atoms with Crippen molar-refractivity contribution >= 4 is 53.2 Å². The number of amides is 1. The molecule has 0 aromatic heterocycles. The standard InChI is InChI=1S/C13H14BrCl2NO3S/c1-7-5-17(6-8(7)2)13(18)10-3-9(21(16,19)20)4-11(14)12(10)15/h3-4,7-8H,5-6H2,1-2H3. The van der Waals surface area contributed by atoms with Gasteiger partial charge in [0, 0.05) is 28.2 Å². The number of likely N-dealkylation sites (tertiary alicyclic amines) is 1. The lowest BCUT2D eigenvalue weighted by molar-refractivity contribution is 0.0785. The van der Waals surface area contributed by atoms with Crippen LogP contribution in [0.4, 0.5) is 0 Å². The molecule has 1 amide bonds. The Morgan fingerprint density at radius 1 is 1.29 bits per heavy atom. The minimum absolute atomic E-state index is 0.145. The predicted molar refractivity (Wildman–Crippen MR) is 86.4 cm³/mol. The third-order valence-electron chi connectivity index (χ3n) is 3.79. The van der Waals surface area contributed by atoms with Crippen LogP contribution in [0.2, 0.25) is 5.02 Å². The molecule has 1 aromatic carbocycles. The van der Waals surface area contributed by atoms with Gasteiger partial charge in [0.05, 0.1) is 15.5 Å². The minimum Gasteiger partial charge on any atom is -0.338 e. The average molecular weight is 415 g/mol. The molecule has 8 heteroatoms. The molecule has 1 aliphatic heterocycles. The van der Waals surface area contributed by atoms with Crippen LogP contribution in [0.25, 0.3) is 0 Å². The highest BCUT2D eigenvalue weighted by Crippen LogP contribution is 2.33. The number of rotatable bonds is 2. The van der Waals surface area contributed by atoms with Gasteiger partial charge in [-0.1, -0.05) is 25.4 Å². The van der Waals surface area contributed by atoms with Gasteiger partial charge in [0.25, 0.3) is 15.0 Å². The van der Waals surface area contributed by atoms with Gasteiger partial charge in [0.15, 0.2) is 0 Å². The number of hydrogen-bond donors (Lipinski definition) is 0. The summed E-state index contributed by atoms with van der Waals surface area (Å²) < 4.78 is 23.3. The topological polar surface area (TPSA) is 54.5 Å². The summed E-state index contributed by atoms with van der Waals surface area (Å²) in [5, 5.41) is 0.191. The van der Waals surface area contributed by atoms with E-state index in [1.54, 1.807) is 4.90 Å². The second-order valence-electron chi connectivity index (χ2n) is 5.37. The van der Waals surface area contributed by atoms with E-state index in [0.717, 1.165) is 0 Å². The molecule has 0 spiro atoms. The van der Waals surface area contributed by atoms with Crippen LogP contribution >= 0.6 is 38.2 Å². The van der Waals surface area contributed by atoms with Crippen molar-refractivity contribution in [2.75, 3.05) is 13.1 Å². The Morgan fingerprint density at radius 3 is 2.29 bits per heavy atom. The third-order valence-corrected chi connectivity index (χ3v) is 6.38. The van der Waals surface area contributed by atoms with Crippen LogP contribution in [-0.2, 0) is 9.05 Å². The normalized spacial score (nSPS) is 22.6. The largest absolute Gasteiger partial charge is 0.338 e. The minimum atomic E-state index is -3.93. The van der Waals surface area contributed by atoms with E-state index in [1.807, 2.05) is 0 Å². The zero-order chi connectivity index (χ0) is 15.9. The van der Waals surface area contributed by atoms with E-state index in [4.69, 9.17) is 22.3 Å². The molecular formula is C13H14BrCl2NO3S. The van der Waals surface area contributed by atoms with E-state index in [-0.39, 0.29) is 21.4 Å². The Kier molecular flexibility index (Phi) is 4.93. The maximum absolute atomic E-state index is 12.6. The molecule has 4 nitrogen and oxygen atoms in total. The van der Waals surface area contributed by atoms with Crippen molar-refractivity contribution in [1.29, 1.82) is 0 Å². The van der Waals surface area contributed by atoms with Crippen molar-refractivity contribution in [3.05, 3.63) is 27.2 Å². The van der Waals surface area contributed by atoms with Crippen molar-refractivity contribution in [1.82, 2.24) is 4.90 Å². The first-order valence-electron chi connectivity index (χ1n) is 6.34. The first-order valence-corrected chi connectivity index (χ1v) is 9.82. The Balaban J connectivity index is 2.44. The number of halogens is 3. The molecule has 0 saturated carbocycles. The molecule has 1 aliphatic rings. The molecule has 21 heavy (non-hydrogen) atoms. The molecular weight excluding hydrogens is 401 g/mol. The zero-order valence-electron chi connectivity index (χ0n) is 11.4. The van der Waals surface area contributed by atoms with Gasteiger partial charge in [-0.05, 0) is 39.9 Å². The molecule has 0 radical (unpaired) electrons. The molecule has 0 bridgehead atoms. The number of nitrogens with zero attached hydrogens (tertiary/aromatic N) is 1. The fraction of sp³-hybridized carbons (Fsp3) is 0.462. The lowest BCUT2D eigenvalue weighted by Crippen LogP contribution is -2.29. The summed E-state index contributed by atoms with van der Waals surface area (Å²) in [7, 11) is 1.42. The zero-order valence-corrected chi connectivity index (χ0v) is 15.4. The summed E-state index contributed by atoms with van der Waals surface area (Å²) in [6.07, 6.45) is 0. The molecule has 1 aromatic rings. The Morgan fingerprint density at radius 2 is 1.81 bits per heavy atom. The van der Waals surface area contributed by atoms with Crippen molar-refractivity contribution in [2.45, 2.75) is 18.7 Å². The van der Waals surface area contributed by atoms with Gasteiger partial charge >= 0.3 is 0 Å². The van der Waals surface area contributed by atoms with E-state index >= 15 is 0 Å². The van der Waals surface area contributed by atoms with Crippen molar-refractivity contribution in [3.63, 3.8) is 0 Å². The Bertz CT molecular complexity index is 683. The van der Waals surface area contributed by atoms with Gasteiger partial charge in [0.2, 0.25) is 0 Å². The lowest BCUT2D eigenvalue weighted by atomic mass is 10.0. The summed E-state index contributed by atoms with van der Waals surface area (Å²) >= 11 is 9.29. The van der Waals surface area contributed by atoms with Gasteiger partial charge in [0.1, 0.15) is 0 Å². The van der Waals surface area contributed by atoms with Crippen molar-refractivity contribution in [2.24, 2.45) is 11.8 Å². The second kappa shape index (κ2) is 6.07. The SMILES string of the molecule is CC1CN(C(=O)c2cc(S(=O)(=O)Cl)cc(Br)c2Cl)CC1C. The van der Waals surface area contributed by atoms with Gasteiger partial charge < -0.3 is 4.90 Å². The molecule has 1 saturated heterocycles. The highest BCUT2D eigenvalue weighted by molar-refractivity contribution is 9.10. The fourth-order valence-corrected chi connectivity index (χ4v) is 3.91. The number of hydrogen-bond acceptors (Lipinski definition) is 3. The first kappa shape index (κ1) is 17.1. The molecule has 0 N–H and O–H groups in total. The van der Waals surface area contributed by atoms with Gasteiger partial charge in [-0.2, -0.15) is 0 Å². The highest BCUT2D eigenvalue weighted by atomic mass is 79.9. The van der Waals surface area contributed by atoms with Crippen LogP contribution in [0.1, 0.15) is 24.2 Å². The Hall–Kier alpha value is -0.300. The van der Waals surface area contributed by atoms with Gasteiger partial charge in [-0.15, -0.1) is 0 Å². The number of benzene rings is 1. The van der Waals surface area contributed by atoms with Crippen LogP contribution in [0.5, 0.6) is 0 Å². The first-order chi connectivity index (χ1) is 9.61. The summed E-state index contributed by atoms with van der Waals surface area (Å²) in [4.78, 5) is 14.1. The molecule has 116 valence electrons. The highest BCUT2D eigenvalue weighted by Gasteiger charge is 2.31. The molecule has 2 rings (SSSR count). The maximum atomic E-state index is 12.6. The second-order valence-corrected chi connectivity index (χ2v) is 9.17. The lowest BCUT2D eigenvalue weighted by Gasteiger charge is -2.18. The van der Waals surface area contributed by atoms with Crippen LogP contribution in [0, 0.1) is 11.8 Å². The smallest absolute Gasteiger partial charge is 0.261 e. The Labute approximate surface area is 142 Å². The number of carbonyl (C=O) groups excluding carboxylic acids is 1. The molecule has 1 fully saturated rings. The van der Waals surface area contributed by atoms with E-state index in [9.17, 15) is 13.2 Å². The van der Waals surface area contributed by atoms with E-state index < -0.39 is 9.05 Å². The van der Waals surface area contributed by atoms with Gasteiger partial charge in [-0.3, -0.25) is 4.79 Å².